The van der Waals surface area contributed by atoms with Crippen LogP contribution in [-0.4, -0.2) is 47.8 Å². The van der Waals surface area contributed by atoms with E-state index in [2.05, 4.69) is 123 Å². The van der Waals surface area contributed by atoms with Crippen LogP contribution in [0.2, 0.25) is 0 Å². The Morgan fingerprint density at radius 3 is 1.39 bits per heavy atom. The molecule has 2 heterocycles. The minimum absolute atomic E-state index is 0.309. The van der Waals surface area contributed by atoms with Crippen molar-refractivity contribution in [1.82, 2.24) is 0 Å². The van der Waals surface area contributed by atoms with Gasteiger partial charge in [0.15, 0.2) is 0 Å². The van der Waals surface area contributed by atoms with E-state index in [0.717, 1.165) is 55.4 Å². The average Bonchev–Trinajstić information content (AvgIpc) is 2.88. The molecule has 0 unspecified atom stereocenters. The van der Waals surface area contributed by atoms with Crippen LogP contribution in [0, 0.1) is 0 Å². The van der Waals surface area contributed by atoms with Gasteiger partial charge in [0.2, 0.25) is 0 Å². The van der Waals surface area contributed by atoms with Gasteiger partial charge in [-0.05, 0) is 61.7 Å². The molecule has 0 atom stereocenters. The molecule has 6 nitrogen and oxygen atoms in total. The number of rotatable bonds is 2. The van der Waals surface area contributed by atoms with E-state index in [1.54, 1.807) is 0 Å². The minimum atomic E-state index is -0.708. The normalized spacial score (nSPS) is 26.6. The van der Waals surface area contributed by atoms with E-state index < -0.39 is 12.2 Å². The molecule has 0 radical (unpaired) electrons. The fourth-order valence-electron chi connectivity index (χ4n) is 6.96. The van der Waals surface area contributed by atoms with E-state index >= 15 is 0 Å². The fraction of sp³-hybridized carbons (Fsp3) is 0.375. The van der Waals surface area contributed by atoms with E-state index in [1.165, 1.54) is 0 Å². The molecule has 0 saturated heterocycles. The Morgan fingerprint density at radius 1 is 0.605 bits per heavy atom. The van der Waals surface area contributed by atoms with Gasteiger partial charge in [-0.1, -0.05) is 48.5 Å². The number of hydrogen-bond donors (Lipinski definition) is 4. The van der Waals surface area contributed by atoms with Crippen molar-refractivity contribution in [2.45, 2.75) is 63.1 Å². The first-order valence-electron chi connectivity index (χ1n) is 13.5. The Kier molecular flexibility index (Phi) is 4.69. The molecule has 4 N–H and O–H groups in total. The molecule has 2 aliphatic heterocycles. The summed E-state index contributed by atoms with van der Waals surface area (Å²) in [6.45, 7) is 8.63. The molecular weight excluding hydrogens is 472 g/mol. The van der Waals surface area contributed by atoms with Gasteiger partial charge >= 0.3 is 0 Å². The number of anilines is 4. The largest absolute Gasteiger partial charge is 0.392 e. The standard InChI is InChI=1S/C32H36N4O2/c1-31(2)33-27-19(15-13-17-9-7-11-21(23(17)27)35(31)5)25-29(37)26(30(25)38)20-16-14-18-10-8-12-22-24(18)28(20)34-32(3,4)36(22)6/h7-16,25-26,29-30,33-34,37-38H,1-6H3. The van der Waals surface area contributed by atoms with Crippen molar-refractivity contribution >= 4 is 44.3 Å². The second-order valence-corrected chi connectivity index (χ2v) is 12.3. The van der Waals surface area contributed by atoms with Gasteiger partial charge in [-0.2, -0.15) is 0 Å². The van der Waals surface area contributed by atoms with Gasteiger partial charge in [0.05, 0.1) is 12.2 Å². The maximum Gasteiger partial charge on any atom is 0.104 e. The Hall–Kier alpha value is -3.48. The second-order valence-electron chi connectivity index (χ2n) is 12.3. The van der Waals surface area contributed by atoms with Crippen molar-refractivity contribution in [2.75, 3.05) is 34.5 Å². The first-order chi connectivity index (χ1) is 18.0. The molecule has 6 heteroatoms. The highest BCUT2D eigenvalue weighted by molar-refractivity contribution is 6.08. The molecule has 196 valence electrons. The first-order valence-corrected chi connectivity index (χ1v) is 13.5. The zero-order valence-corrected chi connectivity index (χ0v) is 22.9. The molecule has 4 aromatic carbocycles. The third-order valence-corrected chi connectivity index (χ3v) is 9.56. The van der Waals surface area contributed by atoms with Gasteiger partial charge in [-0.3, -0.25) is 0 Å². The van der Waals surface area contributed by atoms with Crippen molar-refractivity contribution in [2.24, 2.45) is 0 Å². The quantitative estimate of drug-likeness (QED) is 0.275. The lowest BCUT2D eigenvalue weighted by Gasteiger charge is -2.51. The predicted molar refractivity (Wildman–Crippen MR) is 158 cm³/mol. The van der Waals surface area contributed by atoms with Crippen LogP contribution in [0.5, 0.6) is 0 Å². The lowest BCUT2D eigenvalue weighted by molar-refractivity contribution is -0.0780. The summed E-state index contributed by atoms with van der Waals surface area (Å²) in [5.74, 6) is -0.756. The summed E-state index contributed by atoms with van der Waals surface area (Å²) in [4.78, 5) is 4.51. The third kappa shape index (κ3) is 2.96. The third-order valence-electron chi connectivity index (χ3n) is 9.56. The van der Waals surface area contributed by atoms with Gasteiger partial charge in [-0.25, -0.2) is 0 Å². The zero-order valence-electron chi connectivity index (χ0n) is 22.9. The van der Waals surface area contributed by atoms with Crippen LogP contribution >= 0.6 is 0 Å². The monoisotopic (exact) mass is 508 g/mol. The highest BCUT2D eigenvalue weighted by Crippen LogP contribution is 2.56. The molecular formula is C32H36N4O2. The summed E-state index contributed by atoms with van der Waals surface area (Å²) in [6, 6.07) is 21.1. The van der Waals surface area contributed by atoms with E-state index in [-0.39, 0.29) is 23.2 Å². The SMILES string of the molecule is CN1c2cccc3ccc(C4C(O)C(c5ccc6cccc7c6c5NC(C)(C)N7C)C4O)c(c23)NC1(C)C. The highest BCUT2D eigenvalue weighted by atomic mass is 16.3. The molecule has 4 aromatic rings. The summed E-state index contributed by atoms with van der Waals surface area (Å²) >= 11 is 0. The summed E-state index contributed by atoms with van der Waals surface area (Å²) in [6.07, 6.45) is -1.42. The molecule has 7 rings (SSSR count). The molecule has 38 heavy (non-hydrogen) atoms. The lowest BCUT2D eigenvalue weighted by atomic mass is 9.62. The van der Waals surface area contributed by atoms with Crippen LogP contribution in [0.4, 0.5) is 22.7 Å². The molecule has 1 aliphatic carbocycles. The van der Waals surface area contributed by atoms with Crippen molar-refractivity contribution in [3.05, 3.63) is 71.8 Å². The number of hydrogen-bond acceptors (Lipinski definition) is 6. The van der Waals surface area contributed by atoms with Gasteiger partial charge in [0.25, 0.3) is 0 Å². The van der Waals surface area contributed by atoms with Crippen LogP contribution in [0.15, 0.2) is 60.7 Å². The number of nitrogens with one attached hydrogen (secondary N) is 2. The van der Waals surface area contributed by atoms with Crippen LogP contribution in [0.1, 0.15) is 50.7 Å². The number of aliphatic hydroxyl groups is 2. The topological polar surface area (TPSA) is 71.0 Å². The maximum atomic E-state index is 11.7. The van der Waals surface area contributed by atoms with Crippen LogP contribution < -0.4 is 20.4 Å². The Balaban J connectivity index is 1.34. The van der Waals surface area contributed by atoms with Crippen molar-refractivity contribution in [1.29, 1.82) is 0 Å². The molecule has 0 bridgehead atoms. The Labute approximate surface area is 223 Å². The molecule has 0 spiro atoms. The van der Waals surface area contributed by atoms with Crippen LogP contribution in [-0.2, 0) is 0 Å². The summed E-state index contributed by atoms with van der Waals surface area (Å²) in [5.41, 5.74) is 5.69. The van der Waals surface area contributed by atoms with Gasteiger partial charge < -0.3 is 30.6 Å². The first kappa shape index (κ1) is 23.6. The maximum absolute atomic E-state index is 11.7. The smallest absolute Gasteiger partial charge is 0.104 e. The van der Waals surface area contributed by atoms with Crippen molar-refractivity contribution < 1.29 is 10.2 Å². The molecule has 0 aromatic heterocycles. The van der Waals surface area contributed by atoms with Crippen LogP contribution in [0.25, 0.3) is 21.5 Å². The highest BCUT2D eigenvalue weighted by Gasteiger charge is 2.53. The molecule has 0 amide bonds. The number of nitrogens with zero attached hydrogens (tertiary/aromatic N) is 2. The van der Waals surface area contributed by atoms with Gasteiger partial charge in [0, 0.05) is 59.5 Å². The molecule has 1 fully saturated rings. The van der Waals surface area contributed by atoms with E-state index in [9.17, 15) is 10.2 Å². The van der Waals surface area contributed by atoms with E-state index in [0.29, 0.717) is 0 Å². The van der Waals surface area contributed by atoms with Gasteiger partial charge in [-0.15, -0.1) is 0 Å². The lowest BCUT2D eigenvalue weighted by Crippen LogP contribution is -2.54. The van der Waals surface area contributed by atoms with E-state index in [1.807, 2.05) is 0 Å². The van der Waals surface area contributed by atoms with Crippen LogP contribution in [0.3, 0.4) is 0 Å². The summed E-state index contributed by atoms with van der Waals surface area (Å²) in [5, 5.41) is 35.5. The van der Waals surface area contributed by atoms with Crippen molar-refractivity contribution in [3.8, 4) is 0 Å². The summed E-state index contributed by atoms with van der Waals surface area (Å²) in [7, 11) is 4.21. The summed E-state index contributed by atoms with van der Waals surface area (Å²) < 4.78 is 0. The van der Waals surface area contributed by atoms with Gasteiger partial charge in [0.1, 0.15) is 11.3 Å². The van der Waals surface area contributed by atoms with Crippen molar-refractivity contribution in [3.63, 3.8) is 0 Å². The number of aliphatic hydroxyl groups excluding tert-OH is 2. The number of benzene rings is 4. The average molecular weight is 509 g/mol. The fourth-order valence-corrected chi connectivity index (χ4v) is 6.96. The van der Waals surface area contributed by atoms with E-state index in [4.69, 9.17) is 0 Å². The minimum Gasteiger partial charge on any atom is -0.392 e. The molecule has 3 aliphatic rings. The Bertz CT molecular complexity index is 1500. The predicted octanol–water partition coefficient (Wildman–Crippen LogP) is 5.79. The molecule has 1 saturated carbocycles. The Morgan fingerprint density at radius 2 is 1.00 bits per heavy atom. The zero-order chi connectivity index (χ0) is 26.7. The second kappa shape index (κ2) is 7.55.